The number of aliphatic carboxylic acids is 1. The van der Waals surface area contributed by atoms with Crippen LogP contribution in [0.25, 0.3) is 0 Å². The van der Waals surface area contributed by atoms with Crippen molar-refractivity contribution in [3.63, 3.8) is 0 Å². The molecule has 1 heterocycles. The highest BCUT2D eigenvalue weighted by atomic mass is 35.5. The molecule has 1 saturated heterocycles. The first-order valence-electron chi connectivity index (χ1n) is 6.53. The standard InChI is InChI=1S/C14H17ClN2O3/c15-11-3-1-2-4-12(11)16-13(18)5-6-17-8-10(9-17)7-14(19)20/h1-4,10H,5-9H2,(H,16,18)(H,19,20). The molecule has 1 fully saturated rings. The molecule has 20 heavy (non-hydrogen) atoms. The molecule has 1 amide bonds. The maximum Gasteiger partial charge on any atom is 0.303 e. The lowest BCUT2D eigenvalue weighted by atomic mass is 9.96. The average molecular weight is 297 g/mol. The van der Waals surface area contributed by atoms with Gasteiger partial charge in [0.05, 0.1) is 17.1 Å². The number of para-hydroxylation sites is 1. The van der Waals surface area contributed by atoms with Gasteiger partial charge in [0.25, 0.3) is 0 Å². The second kappa shape index (κ2) is 6.72. The summed E-state index contributed by atoms with van der Waals surface area (Å²) in [6, 6.07) is 7.10. The van der Waals surface area contributed by atoms with Crippen LogP contribution < -0.4 is 5.32 Å². The number of halogens is 1. The number of nitrogens with zero attached hydrogens (tertiary/aromatic N) is 1. The summed E-state index contributed by atoms with van der Waals surface area (Å²) in [6.45, 7) is 2.16. The minimum absolute atomic E-state index is 0.0835. The second-order valence-corrected chi connectivity index (χ2v) is 5.41. The van der Waals surface area contributed by atoms with Crippen molar-refractivity contribution >= 4 is 29.2 Å². The molecule has 1 aromatic rings. The summed E-state index contributed by atoms with van der Waals surface area (Å²) >= 11 is 5.96. The van der Waals surface area contributed by atoms with Gasteiger partial charge < -0.3 is 15.3 Å². The number of benzene rings is 1. The zero-order valence-corrected chi connectivity index (χ0v) is 11.8. The maximum absolute atomic E-state index is 11.8. The Labute approximate surface area is 122 Å². The highest BCUT2D eigenvalue weighted by Crippen LogP contribution is 2.21. The summed E-state index contributed by atoms with van der Waals surface area (Å²) in [5.41, 5.74) is 0.617. The Hall–Kier alpha value is -1.59. The van der Waals surface area contributed by atoms with Crippen molar-refractivity contribution in [3.05, 3.63) is 29.3 Å². The van der Waals surface area contributed by atoms with Gasteiger partial charge in [0.2, 0.25) is 5.91 Å². The number of carbonyl (C=O) groups excluding carboxylic acids is 1. The van der Waals surface area contributed by atoms with Crippen LogP contribution in [0, 0.1) is 5.92 Å². The molecule has 1 aromatic carbocycles. The minimum atomic E-state index is -0.758. The largest absolute Gasteiger partial charge is 0.481 e. The summed E-state index contributed by atoms with van der Waals surface area (Å²) in [7, 11) is 0. The van der Waals surface area contributed by atoms with E-state index in [-0.39, 0.29) is 18.2 Å². The van der Waals surface area contributed by atoms with Crippen LogP contribution in [0.4, 0.5) is 5.69 Å². The topological polar surface area (TPSA) is 69.6 Å². The summed E-state index contributed by atoms with van der Waals surface area (Å²) in [6.07, 6.45) is 0.591. The first-order chi connectivity index (χ1) is 9.54. The van der Waals surface area contributed by atoms with Crippen LogP contribution >= 0.6 is 11.6 Å². The van der Waals surface area contributed by atoms with Crippen LogP contribution in [0.1, 0.15) is 12.8 Å². The van der Waals surface area contributed by atoms with Gasteiger partial charge in [-0.3, -0.25) is 9.59 Å². The van der Waals surface area contributed by atoms with Gasteiger partial charge in [0.15, 0.2) is 0 Å². The zero-order chi connectivity index (χ0) is 14.5. The van der Waals surface area contributed by atoms with Crippen molar-refractivity contribution in [2.24, 2.45) is 5.92 Å². The Morgan fingerprint density at radius 3 is 2.70 bits per heavy atom. The number of nitrogens with one attached hydrogen (secondary N) is 1. The molecule has 2 rings (SSSR count). The molecule has 0 aliphatic carbocycles. The minimum Gasteiger partial charge on any atom is -0.481 e. The SMILES string of the molecule is O=C(O)CC1CN(CCC(=O)Nc2ccccc2Cl)C1. The molecule has 2 N–H and O–H groups in total. The van der Waals surface area contributed by atoms with E-state index in [4.69, 9.17) is 16.7 Å². The molecular weight excluding hydrogens is 280 g/mol. The number of carbonyl (C=O) groups is 2. The van der Waals surface area contributed by atoms with Crippen molar-refractivity contribution in [2.75, 3.05) is 25.0 Å². The van der Waals surface area contributed by atoms with E-state index in [1.165, 1.54) is 0 Å². The summed E-state index contributed by atoms with van der Waals surface area (Å²) < 4.78 is 0. The fraction of sp³-hybridized carbons (Fsp3) is 0.429. The molecule has 1 aliphatic heterocycles. The summed E-state index contributed by atoms with van der Waals surface area (Å²) in [5, 5.41) is 11.9. The van der Waals surface area contributed by atoms with Gasteiger partial charge in [-0.25, -0.2) is 0 Å². The Bertz CT molecular complexity index is 501. The lowest BCUT2D eigenvalue weighted by Gasteiger charge is -2.38. The highest BCUT2D eigenvalue weighted by Gasteiger charge is 2.28. The second-order valence-electron chi connectivity index (χ2n) is 5.00. The lowest BCUT2D eigenvalue weighted by Crippen LogP contribution is -2.48. The van der Waals surface area contributed by atoms with Crippen molar-refractivity contribution in [3.8, 4) is 0 Å². The predicted molar refractivity (Wildman–Crippen MR) is 76.9 cm³/mol. The van der Waals surface area contributed by atoms with Crippen molar-refractivity contribution < 1.29 is 14.7 Å². The van der Waals surface area contributed by atoms with E-state index in [1.807, 2.05) is 6.07 Å². The molecular formula is C14H17ClN2O3. The number of likely N-dealkylation sites (tertiary alicyclic amines) is 1. The Morgan fingerprint density at radius 1 is 1.35 bits per heavy atom. The number of hydrogen-bond acceptors (Lipinski definition) is 3. The first kappa shape index (κ1) is 14.8. The lowest BCUT2D eigenvalue weighted by molar-refractivity contribution is -0.139. The van der Waals surface area contributed by atoms with Crippen LogP contribution in [-0.4, -0.2) is 41.5 Å². The van der Waals surface area contributed by atoms with E-state index in [2.05, 4.69) is 10.2 Å². The molecule has 0 radical (unpaired) electrons. The zero-order valence-electron chi connectivity index (χ0n) is 11.0. The third-order valence-electron chi connectivity index (χ3n) is 3.30. The van der Waals surface area contributed by atoms with Gasteiger partial charge in [-0.05, 0) is 18.1 Å². The number of carboxylic acids is 1. The maximum atomic E-state index is 11.8. The van der Waals surface area contributed by atoms with Gasteiger partial charge in [0.1, 0.15) is 0 Å². The fourth-order valence-corrected chi connectivity index (χ4v) is 2.45. The summed E-state index contributed by atoms with van der Waals surface area (Å²) in [5.74, 6) is -0.620. The molecule has 0 bridgehead atoms. The van der Waals surface area contributed by atoms with E-state index in [9.17, 15) is 9.59 Å². The molecule has 6 heteroatoms. The molecule has 0 unspecified atom stereocenters. The molecule has 0 atom stereocenters. The number of rotatable bonds is 6. The van der Waals surface area contributed by atoms with Gasteiger partial charge in [-0.15, -0.1) is 0 Å². The molecule has 5 nitrogen and oxygen atoms in total. The van der Waals surface area contributed by atoms with Crippen molar-refractivity contribution in [1.82, 2.24) is 4.90 Å². The number of amides is 1. The Balaban J connectivity index is 1.67. The van der Waals surface area contributed by atoms with Crippen molar-refractivity contribution in [2.45, 2.75) is 12.8 Å². The molecule has 0 spiro atoms. The highest BCUT2D eigenvalue weighted by molar-refractivity contribution is 6.33. The van der Waals surface area contributed by atoms with E-state index < -0.39 is 5.97 Å². The van der Waals surface area contributed by atoms with E-state index in [1.54, 1.807) is 18.2 Å². The van der Waals surface area contributed by atoms with Crippen LogP contribution in [0.2, 0.25) is 5.02 Å². The smallest absolute Gasteiger partial charge is 0.303 e. The third-order valence-corrected chi connectivity index (χ3v) is 3.63. The molecule has 1 aliphatic rings. The average Bonchev–Trinajstić information content (AvgIpc) is 2.34. The predicted octanol–water partition coefficient (Wildman–Crippen LogP) is 2.08. The van der Waals surface area contributed by atoms with Crippen LogP contribution in [0.5, 0.6) is 0 Å². The number of anilines is 1. The van der Waals surface area contributed by atoms with E-state index in [0.29, 0.717) is 23.7 Å². The number of hydrogen-bond donors (Lipinski definition) is 2. The normalized spacial score (nSPS) is 15.7. The van der Waals surface area contributed by atoms with Gasteiger partial charge >= 0.3 is 5.97 Å². The Morgan fingerprint density at radius 2 is 2.05 bits per heavy atom. The van der Waals surface area contributed by atoms with E-state index in [0.717, 1.165) is 13.1 Å². The van der Waals surface area contributed by atoms with Gasteiger partial charge in [-0.1, -0.05) is 23.7 Å². The van der Waals surface area contributed by atoms with Gasteiger partial charge in [0, 0.05) is 26.1 Å². The van der Waals surface area contributed by atoms with Crippen LogP contribution in [0.15, 0.2) is 24.3 Å². The number of carboxylic acid groups (broad SMARTS) is 1. The summed E-state index contributed by atoms with van der Waals surface area (Å²) in [4.78, 5) is 24.4. The van der Waals surface area contributed by atoms with Crippen LogP contribution in [-0.2, 0) is 9.59 Å². The molecule has 108 valence electrons. The fourth-order valence-electron chi connectivity index (χ4n) is 2.27. The third kappa shape index (κ3) is 4.21. The Kier molecular flexibility index (Phi) is 4.98. The van der Waals surface area contributed by atoms with Gasteiger partial charge in [-0.2, -0.15) is 0 Å². The van der Waals surface area contributed by atoms with Crippen LogP contribution in [0.3, 0.4) is 0 Å². The van der Waals surface area contributed by atoms with E-state index >= 15 is 0 Å². The first-order valence-corrected chi connectivity index (χ1v) is 6.91. The monoisotopic (exact) mass is 296 g/mol. The quantitative estimate of drug-likeness (QED) is 0.843. The molecule has 0 aromatic heterocycles. The molecule has 0 saturated carbocycles. The van der Waals surface area contributed by atoms with Crippen molar-refractivity contribution in [1.29, 1.82) is 0 Å².